The molecule has 0 aromatic carbocycles. The Morgan fingerprint density at radius 2 is 2.20 bits per heavy atom. The van der Waals surface area contributed by atoms with E-state index in [4.69, 9.17) is 11.6 Å². The first-order chi connectivity index (χ1) is 4.61. The van der Waals surface area contributed by atoms with E-state index in [2.05, 4.69) is 27.5 Å². The number of anilines is 1. The fourth-order valence-corrected chi connectivity index (χ4v) is 3.40. The number of thiophene rings is 1. The quantitative estimate of drug-likeness (QED) is 0.718. The highest BCUT2D eigenvalue weighted by Gasteiger charge is 2.05. The lowest BCUT2D eigenvalue weighted by Crippen LogP contribution is -2.08. The molecule has 10 heavy (non-hydrogen) atoms. The van der Waals surface area contributed by atoms with Gasteiger partial charge in [-0.1, -0.05) is 11.6 Å². The fourth-order valence-electron chi connectivity index (χ4n) is 0.636. The van der Waals surface area contributed by atoms with Crippen molar-refractivity contribution in [3.05, 3.63) is 13.3 Å². The third-order valence-electron chi connectivity index (χ3n) is 1.12. The zero-order valence-corrected chi connectivity index (χ0v) is 9.42. The van der Waals surface area contributed by atoms with Gasteiger partial charge in [-0.2, -0.15) is 0 Å². The summed E-state index contributed by atoms with van der Waals surface area (Å²) < 4.78 is 2.10. The van der Waals surface area contributed by atoms with Crippen LogP contribution in [-0.4, -0.2) is 14.1 Å². The lowest BCUT2D eigenvalue weighted by Gasteiger charge is -2.09. The Morgan fingerprint density at radius 3 is 2.40 bits per heavy atom. The van der Waals surface area contributed by atoms with Gasteiger partial charge in [0.05, 0.1) is 12.9 Å². The zero-order valence-electron chi connectivity index (χ0n) is 5.69. The predicted molar refractivity (Wildman–Crippen MR) is 56.4 cm³/mol. The fraction of sp³-hybridized carbons (Fsp3) is 0.333. The third-order valence-corrected chi connectivity index (χ3v) is 3.38. The van der Waals surface area contributed by atoms with E-state index in [0.717, 1.165) is 4.34 Å². The van der Waals surface area contributed by atoms with Crippen LogP contribution in [0, 0.1) is 2.88 Å². The molecule has 0 fully saturated rings. The number of nitrogens with zero attached hydrogens (tertiary/aromatic N) is 1. The SMILES string of the molecule is CN(C)c1cc(Cl)sc1I. The summed E-state index contributed by atoms with van der Waals surface area (Å²) in [5, 5.41) is 0. The maximum atomic E-state index is 5.80. The summed E-state index contributed by atoms with van der Waals surface area (Å²) in [5.74, 6) is 0. The van der Waals surface area contributed by atoms with E-state index in [0.29, 0.717) is 0 Å². The number of rotatable bonds is 1. The maximum Gasteiger partial charge on any atom is 0.0961 e. The van der Waals surface area contributed by atoms with Crippen LogP contribution in [0.5, 0.6) is 0 Å². The first-order valence-corrected chi connectivity index (χ1v) is 5.00. The topological polar surface area (TPSA) is 3.24 Å². The van der Waals surface area contributed by atoms with Crippen molar-refractivity contribution in [3.63, 3.8) is 0 Å². The highest BCUT2D eigenvalue weighted by molar-refractivity contribution is 14.1. The molecular weight excluding hydrogens is 280 g/mol. The summed E-state index contributed by atoms with van der Waals surface area (Å²) in [5.41, 5.74) is 1.20. The van der Waals surface area contributed by atoms with Gasteiger partial charge in [0.15, 0.2) is 0 Å². The Balaban J connectivity index is 3.03. The lowest BCUT2D eigenvalue weighted by molar-refractivity contribution is 1.13. The molecule has 4 heteroatoms. The van der Waals surface area contributed by atoms with E-state index in [9.17, 15) is 0 Å². The van der Waals surface area contributed by atoms with Crippen molar-refractivity contribution in [1.29, 1.82) is 0 Å². The van der Waals surface area contributed by atoms with Gasteiger partial charge < -0.3 is 4.90 Å². The molecule has 0 atom stereocenters. The van der Waals surface area contributed by atoms with Crippen molar-refractivity contribution in [2.24, 2.45) is 0 Å². The molecule has 0 N–H and O–H groups in total. The van der Waals surface area contributed by atoms with Crippen molar-refractivity contribution in [2.45, 2.75) is 0 Å². The predicted octanol–water partition coefficient (Wildman–Crippen LogP) is 3.07. The Hall–Kier alpha value is 0.520. The standard InChI is InChI=1S/C6H7ClINS/c1-9(2)4-3-5(7)10-6(4)8/h3H,1-2H3. The average molecular weight is 288 g/mol. The second kappa shape index (κ2) is 3.28. The summed E-state index contributed by atoms with van der Waals surface area (Å²) in [6.07, 6.45) is 0. The number of hydrogen-bond donors (Lipinski definition) is 0. The molecule has 0 radical (unpaired) electrons. The van der Waals surface area contributed by atoms with Gasteiger partial charge in [-0.25, -0.2) is 0 Å². The minimum absolute atomic E-state index is 0.855. The van der Waals surface area contributed by atoms with Crippen molar-refractivity contribution in [1.82, 2.24) is 0 Å². The zero-order chi connectivity index (χ0) is 7.72. The Labute approximate surface area is 83.1 Å². The van der Waals surface area contributed by atoms with E-state index in [1.54, 1.807) is 11.3 Å². The lowest BCUT2D eigenvalue weighted by atomic mass is 10.5. The highest BCUT2D eigenvalue weighted by atomic mass is 127. The van der Waals surface area contributed by atoms with Crippen LogP contribution in [0.25, 0.3) is 0 Å². The second-order valence-electron chi connectivity index (χ2n) is 2.10. The Kier molecular flexibility index (Phi) is 2.82. The molecule has 0 spiro atoms. The molecule has 56 valence electrons. The van der Waals surface area contributed by atoms with Crippen LogP contribution >= 0.6 is 45.5 Å². The molecule has 0 aliphatic heterocycles. The molecular formula is C6H7ClINS. The van der Waals surface area contributed by atoms with E-state index in [-0.39, 0.29) is 0 Å². The van der Waals surface area contributed by atoms with Gasteiger partial charge in [-0.05, 0) is 28.7 Å². The van der Waals surface area contributed by atoms with Crippen LogP contribution in [-0.2, 0) is 0 Å². The van der Waals surface area contributed by atoms with E-state index < -0.39 is 0 Å². The Morgan fingerprint density at radius 1 is 1.60 bits per heavy atom. The molecule has 1 nitrogen and oxygen atoms in total. The minimum atomic E-state index is 0.855. The van der Waals surface area contributed by atoms with Crippen LogP contribution in [0.15, 0.2) is 6.07 Å². The van der Waals surface area contributed by atoms with E-state index in [1.165, 1.54) is 8.57 Å². The summed E-state index contributed by atoms with van der Waals surface area (Å²) in [6.45, 7) is 0. The van der Waals surface area contributed by atoms with Crippen molar-refractivity contribution < 1.29 is 0 Å². The van der Waals surface area contributed by atoms with Crippen LogP contribution in [0.4, 0.5) is 5.69 Å². The van der Waals surface area contributed by atoms with Gasteiger partial charge in [-0.3, -0.25) is 0 Å². The minimum Gasteiger partial charge on any atom is -0.376 e. The summed E-state index contributed by atoms with van der Waals surface area (Å²) in [4.78, 5) is 2.06. The second-order valence-corrected chi connectivity index (χ2v) is 5.60. The van der Waals surface area contributed by atoms with Gasteiger partial charge in [0.25, 0.3) is 0 Å². The molecule has 1 heterocycles. The van der Waals surface area contributed by atoms with E-state index >= 15 is 0 Å². The molecule has 0 aliphatic carbocycles. The van der Waals surface area contributed by atoms with Gasteiger partial charge in [-0.15, -0.1) is 11.3 Å². The first-order valence-electron chi connectivity index (χ1n) is 2.73. The first kappa shape index (κ1) is 8.62. The third kappa shape index (κ3) is 1.77. The largest absolute Gasteiger partial charge is 0.376 e. The van der Waals surface area contributed by atoms with Crippen LogP contribution in [0.2, 0.25) is 4.34 Å². The molecule has 1 aromatic rings. The van der Waals surface area contributed by atoms with Gasteiger partial charge in [0, 0.05) is 14.1 Å². The summed E-state index contributed by atoms with van der Waals surface area (Å²) in [7, 11) is 4.03. The molecule has 1 rings (SSSR count). The van der Waals surface area contributed by atoms with Gasteiger partial charge in [0.2, 0.25) is 0 Å². The van der Waals surface area contributed by atoms with Crippen LogP contribution in [0.1, 0.15) is 0 Å². The molecule has 0 amide bonds. The van der Waals surface area contributed by atoms with Crippen LogP contribution in [0.3, 0.4) is 0 Å². The van der Waals surface area contributed by atoms with Crippen molar-refractivity contribution >= 4 is 51.2 Å². The van der Waals surface area contributed by atoms with Gasteiger partial charge in [0.1, 0.15) is 0 Å². The normalized spacial score (nSPS) is 10.0. The van der Waals surface area contributed by atoms with Gasteiger partial charge >= 0.3 is 0 Å². The summed E-state index contributed by atoms with van der Waals surface area (Å²) >= 11 is 9.69. The number of hydrogen-bond acceptors (Lipinski definition) is 2. The smallest absolute Gasteiger partial charge is 0.0961 e. The average Bonchev–Trinajstić information content (AvgIpc) is 2.10. The molecule has 1 aromatic heterocycles. The molecule has 0 saturated heterocycles. The number of halogens is 2. The Bertz CT molecular complexity index is 234. The summed E-state index contributed by atoms with van der Waals surface area (Å²) in [6, 6.07) is 1.98. The van der Waals surface area contributed by atoms with Crippen molar-refractivity contribution in [2.75, 3.05) is 19.0 Å². The molecule has 0 aliphatic rings. The van der Waals surface area contributed by atoms with Crippen molar-refractivity contribution in [3.8, 4) is 0 Å². The highest BCUT2D eigenvalue weighted by Crippen LogP contribution is 2.33. The molecule has 0 bridgehead atoms. The maximum absolute atomic E-state index is 5.80. The molecule has 0 unspecified atom stereocenters. The van der Waals surface area contributed by atoms with E-state index in [1.807, 2.05) is 20.2 Å². The van der Waals surface area contributed by atoms with Crippen LogP contribution < -0.4 is 4.90 Å². The molecule has 0 saturated carbocycles. The monoisotopic (exact) mass is 287 g/mol.